The fourth-order valence-corrected chi connectivity index (χ4v) is 2.51. The van der Waals surface area contributed by atoms with E-state index in [0.29, 0.717) is 42.3 Å². The van der Waals surface area contributed by atoms with E-state index in [0.717, 1.165) is 6.42 Å². The summed E-state index contributed by atoms with van der Waals surface area (Å²) in [7, 11) is 0. The highest BCUT2D eigenvalue weighted by Gasteiger charge is 2.35. The first-order chi connectivity index (χ1) is 10.2. The summed E-state index contributed by atoms with van der Waals surface area (Å²) in [6, 6.07) is 3.58. The topological polar surface area (TPSA) is 59.0 Å². The molecule has 1 aromatic carbocycles. The molecule has 1 N–H and O–H groups in total. The van der Waals surface area contributed by atoms with E-state index in [4.69, 9.17) is 9.47 Å². The molecule has 5 heteroatoms. The van der Waals surface area contributed by atoms with Gasteiger partial charge in [0.1, 0.15) is 0 Å². The zero-order valence-electron chi connectivity index (χ0n) is 12.9. The van der Waals surface area contributed by atoms with E-state index in [9.17, 15) is 9.90 Å². The van der Waals surface area contributed by atoms with E-state index in [1.54, 1.807) is 17.0 Å². The van der Waals surface area contributed by atoms with Crippen molar-refractivity contribution in [2.75, 3.05) is 18.1 Å². The Morgan fingerprint density at radius 2 is 2.10 bits per heavy atom. The summed E-state index contributed by atoms with van der Waals surface area (Å²) in [5, 5.41) is 9.41. The summed E-state index contributed by atoms with van der Waals surface area (Å²) in [5.41, 5.74) is 1.41. The fraction of sp³-hybridized carbons (Fsp3) is 0.562. The molecule has 5 nitrogen and oxygen atoms in total. The highest BCUT2D eigenvalue weighted by Crippen LogP contribution is 2.43. The second-order valence-electron chi connectivity index (χ2n) is 5.04. The molecule has 0 saturated carbocycles. The Kier molecular flexibility index (Phi) is 5.07. The fourth-order valence-electron chi connectivity index (χ4n) is 2.51. The molecule has 0 aromatic heterocycles. The Bertz CT molecular complexity index is 515. The molecule has 0 spiro atoms. The number of rotatable bonds is 6. The molecule has 116 valence electrons. The van der Waals surface area contributed by atoms with E-state index >= 15 is 0 Å². The van der Waals surface area contributed by atoms with Crippen molar-refractivity contribution in [3.63, 3.8) is 0 Å². The highest BCUT2D eigenvalue weighted by atomic mass is 16.5. The van der Waals surface area contributed by atoms with Crippen LogP contribution >= 0.6 is 0 Å². The number of nitrogens with zero attached hydrogens (tertiary/aromatic N) is 1. The molecule has 1 aromatic rings. The van der Waals surface area contributed by atoms with Crippen LogP contribution in [0.2, 0.25) is 0 Å². The first-order valence-electron chi connectivity index (χ1n) is 7.54. The lowest BCUT2D eigenvalue weighted by atomic mass is 10.1. The Morgan fingerprint density at radius 1 is 1.33 bits per heavy atom. The number of fused-ring (bicyclic) bond motifs is 1. The van der Waals surface area contributed by atoms with Crippen molar-refractivity contribution >= 4 is 11.6 Å². The Labute approximate surface area is 125 Å². The Balaban J connectivity index is 2.54. The van der Waals surface area contributed by atoms with E-state index in [1.165, 1.54) is 0 Å². The molecule has 0 radical (unpaired) electrons. The van der Waals surface area contributed by atoms with Gasteiger partial charge >= 0.3 is 0 Å². The first-order valence-corrected chi connectivity index (χ1v) is 7.54. The number of carbonyl (C=O) groups is 1. The monoisotopic (exact) mass is 293 g/mol. The lowest BCUT2D eigenvalue weighted by molar-refractivity contribution is -0.126. The minimum Gasteiger partial charge on any atom is -0.490 e. The predicted octanol–water partition coefficient (Wildman–Crippen LogP) is 2.49. The SMILES string of the molecule is CCCN1C(=O)C(CC)Oc2c(OCC)cc(CO)cc21. The summed E-state index contributed by atoms with van der Waals surface area (Å²) in [6.45, 7) is 6.89. The molecule has 0 saturated heterocycles. The van der Waals surface area contributed by atoms with Gasteiger partial charge in [-0.25, -0.2) is 0 Å². The normalized spacial score (nSPS) is 17.4. The van der Waals surface area contributed by atoms with E-state index in [2.05, 4.69) is 0 Å². The van der Waals surface area contributed by atoms with E-state index < -0.39 is 6.10 Å². The van der Waals surface area contributed by atoms with Crippen LogP contribution in [0.1, 0.15) is 39.2 Å². The number of aliphatic hydroxyl groups excluding tert-OH is 1. The standard InChI is InChI=1S/C16H23NO4/c1-4-7-17-12-8-11(10-18)9-14(20-6-3)15(12)21-13(5-2)16(17)19/h8-9,13,18H,4-7,10H2,1-3H3. The Hall–Kier alpha value is -1.75. The number of aliphatic hydroxyl groups is 1. The van der Waals surface area contributed by atoms with Gasteiger partial charge < -0.3 is 19.5 Å². The van der Waals surface area contributed by atoms with Crippen LogP contribution < -0.4 is 14.4 Å². The quantitative estimate of drug-likeness (QED) is 0.875. The Morgan fingerprint density at radius 3 is 2.67 bits per heavy atom. The van der Waals surface area contributed by atoms with Gasteiger partial charge in [-0.3, -0.25) is 4.79 Å². The summed E-state index contributed by atoms with van der Waals surface area (Å²) < 4.78 is 11.5. The van der Waals surface area contributed by atoms with Gasteiger partial charge in [-0.1, -0.05) is 13.8 Å². The number of anilines is 1. The average molecular weight is 293 g/mol. The van der Waals surface area contributed by atoms with Gasteiger partial charge in [0.2, 0.25) is 0 Å². The van der Waals surface area contributed by atoms with Crippen molar-refractivity contribution in [2.45, 2.75) is 46.3 Å². The zero-order valence-corrected chi connectivity index (χ0v) is 12.9. The minimum atomic E-state index is -0.469. The molecule has 0 fully saturated rings. The second kappa shape index (κ2) is 6.80. The molecule has 1 amide bonds. The molecular weight excluding hydrogens is 270 g/mol. The van der Waals surface area contributed by atoms with Crippen LogP contribution in [0, 0.1) is 0 Å². The maximum Gasteiger partial charge on any atom is 0.268 e. The van der Waals surface area contributed by atoms with Gasteiger partial charge in [0.25, 0.3) is 5.91 Å². The molecule has 0 aliphatic carbocycles. The van der Waals surface area contributed by atoms with Crippen molar-refractivity contribution in [3.8, 4) is 11.5 Å². The van der Waals surface area contributed by atoms with Crippen LogP contribution in [0.25, 0.3) is 0 Å². The van der Waals surface area contributed by atoms with Crippen molar-refractivity contribution in [1.82, 2.24) is 0 Å². The maximum atomic E-state index is 12.5. The van der Waals surface area contributed by atoms with Gasteiger partial charge in [-0.05, 0) is 37.5 Å². The molecule has 0 bridgehead atoms. The van der Waals surface area contributed by atoms with Gasteiger partial charge in [-0.2, -0.15) is 0 Å². The molecule has 1 aliphatic heterocycles. The average Bonchev–Trinajstić information content (AvgIpc) is 2.50. The third kappa shape index (κ3) is 2.97. The van der Waals surface area contributed by atoms with Gasteiger partial charge in [-0.15, -0.1) is 0 Å². The maximum absolute atomic E-state index is 12.5. The third-order valence-electron chi connectivity index (χ3n) is 3.49. The van der Waals surface area contributed by atoms with Gasteiger partial charge in [0.15, 0.2) is 17.6 Å². The summed E-state index contributed by atoms with van der Waals surface area (Å²) >= 11 is 0. The molecule has 1 heterocycles. The number of hydrogen-bond acceptors (Lipinski definition) is 4. The summed E-state index contributed by atoms with van der Waals surface area (Å²) in [6.07, 6.45) is 1.00. The molecule has 1 atom stereocenters. The zero-order chi connectivity index (χ0) is 15.4. The summed E-state index contributed by atoms with van der Waals surface area (Å²) in [4.78, 5) is 14.2. The van der Waals surface area contributed by atoms with Crippen LogP contribution in [0.3, 0.4) is 0 Å². The van der Waals surface area contributed by atoms with Gasteiger partial charge in [0.05, 0.1) is 18.9 Å². The number of carbonyl (C=O) groups excluding carboxylic acids is 1. The van der Waals surface area contributed by atoms with Crippen LogP contribution in [0.4, 0.5) is 5.69 Å². The second-order valence-corrected chi connectivity index (χ2v) is 5.04. The van der Waals surface area contributed by atoms with Crippen molar-refractivity contribution in [2.24, 2.45) is 0 Å². The van der Waals surface area contributed by atoms with Crippen LogP contribution in [0.5, 0.6) is 11.5 Å². The number of hydrogen-bond donors (Lipinski definition) is 1. The number of amides is 1. The van der Waals surface area contributed by atoms with Crippen LogP contribution in [-0.2, 0) is 11.4 Å². The molecule has 1 aliphatic rings. The van der Waals surface area contributed by atoms with Crippen LogP contribution in [0.15, 0.2) is 12.1 Å². The number of benzene rings is 1. The van der Waals surface area contributed by atoms with Gasteiger partial charge in [0, 0.05) is 6.54 Å². The molecule has 21 heavy (non-hydrogen) atoms. The van der Waals surface area contributed by atoms with Crippen molar-refractivity contribution < 1.29 is 19.4 Å². The largest absolute Gasteiger partial charge is 0.490 e. The lowest BCUT2D eigenvalue weighted by Crippen LogP contribution is -2.46. The minimum absolute atomic E-state index is 0.0237. The lowest BCUT2D eigenvalue weighted by Gasteiger charge is -2.35. The molecule has 2 rings (SSSR count). The molecule has 1 unspecified atom stereocenters. The van der Waals surface area contributed by atoms with E-state index in [1.807, 2.05) is 20.8 Å². The van der Waals surface area contributed by atoms with E-state index in [-0.39, 0.29) is 12.5 Å². The first kappa shape index (κ1) is 15.6. The number of ether oxygens (including phenoxy) is 2. The smallest absolute Gasteiger partial charge is 0.268 e. The van der Waals surface area contributed by atoms with Crippen molar-refractivity contribution in [3.05, 3.63) is 17.7 Å². The van der Waals surface area contributed by atoms with Crippen LogP contribution in [-0.4, -0.2) is 30.3 Å². The highest BCUT2D eigenvalue weighted by molar-refractivity contribution is 6.00. The third-order valence-corrected chi connectivity index (χ3v) is 3.49. The predicted molar refractivity (Wildman–Crippen MR) is 80.9 cm³/mol. The summed E-state index contributed by atoms with van der Waals surface area (Å²) in [5.74, 6) is 1.17. The molecular formula is C16H23NO4. The van der Waals surface area contributed by atoms with Crippen molar-refractivity contribution in [1.29, 1.82) is 0 Å².